The van der Waals surface area contributed by atoms with Gasteiger partial charge < -0.3 is 0 Å². The molecule has 0 nitrogen and oxygen atoms in total. The minimum absolute atomic E-state index is 0.653. The van der Waals surface area contributed by atoms with Crippen LogP contribution in [0.25, 0.3) is 0 Å². The first-order chi connectivity index (χ1) is 9.36. The molecule has 20 heavy (non-hydrogen) atoms. The predicted octanol–water partition coefficient (Wildman–Crippen LogP) is 6.59. The van der Waals surface area contributed by atoms with Crippen molar-refractivity contribution in [3.05, 3.63) is 71.8 Å². The van der Waals surface area contributed by atoms with Crippen LogP contribution in [0, 0.1) is 6.92 Å². The van der Waals surface area contributed by atoms with Crippen LogP contribution < -0.4 is 0 Å². The molecule has 0 saturated heterocycles. The highest BCUT2D eigenvalue weighted by atomic mass is 14.0. The topological polar surface area (TPSA) is 0 Å². The summed E-state index contributed by atoms with van der Waals surface area (Å²) in [6, 6.07) is 8.71. The van der Waals surface area contributed by atoms with Crippen molar-refractivity contribution in [2.45, 2.75) is 53.4 Å². The molecule has 0 aliphatic rings. The van der Waals surface area contributed by atoms with Crippen LogP contribution in [-0.2, 0) is 0 Å². The van der Waals surface area contributed by atoms with Crippen molar-refractivity contribution in [2.75, 3.05) is 0 Å². The minimum atomic E-state index is 0.653. The van der Waals surface area contributed by atoms with Gasteiger partial charge in [-0.05, 0) is 45.1 Å². The number of aryl methyl sites for hydroxylation is 1. The van der Waals surface area contributed by atoms with Gasteiger partial charge in [0.2, 0.25) is 0 Å². The molecule has 0 aliphatic carbocycles. The summed E-state index contributed by atoms with van der Waals surface area (Å²) in [5.74, 6) is 0.653. The molecule has 1 aromatic rings. The molecule has 0 amide bonds. The van der Waals surface area contributed by atoms with Crippen LogP contribution in [0.5, 0.6) is 0 Å². The Balaban J connectivity index is 0.000000361. The van der Waals surface area contributed by atoms with E-state index in [1.54, 1.807) is 0 Å². The Labute approximate surface area is 125 Å². The second kappa shape index (κ2) is 10.3. The van der Waals surface area contributed by atoms with Gasteiger partial charge in [-0.15, -0.1) is 0 Å². The SMILES string of the molecule is C=CC(=C)CCC=C(C)C.Cc1ccc(C(C)C)cc1. The molecule has 0 aliphatic heterocycles. The van der Waals surface area contributed by atoms with Gasteiger partial charge in [-0.2, -0.15) is 0 Å². The molecule has 0 saturated carbocycles. The van der Waals surface area contributed by atoms with Crippen LogP contribution in [0.1, 0.15) is 57.6 Å². The summed E-state index contributed by atoms with van der Waals surface area (Å²) in [5.41, 5.74) is 5.25. The van der Waals surface area contributed by atoms with Crippen molar-refractivity contribution in [2.24, 2.45) is 0 Å². The lowest BCUT2D eigenvalue weighted by Crippen LogP contribution is -1.85. The molecule has 0 spiro atoms. The summed E-state index contributed by atoms with van der Waals surface area (Å²) < 4.78 is 0. The van der Waals surface area contributed by atoms with E-state index in [-0.39, 0.29) is 0 Å². The van der Waals surface area contributed by atoms with Gasteiger partial charge in [-0.3, -0.25) is 0 Å². The van der Waals surface area contributed by atoms with E-state index in [4.69, 9.17) is 0 Å². The lowest BCUT2D eigenvalue weighted by atomic mass is 10.0. The monoisotopic (exact) mass is 270 g/mol. The third-order valence-electron chi connectivity index (χ3n) is 3.05. The summed E-state index contributed by atoms with van der Waals surface area (Å²) >= 11 is 0. The van der Waals surface area contributed by atoms with E-state index in [0.717, 1.165) is 18.4 Å². The van der Waals surface area contributed by atoms with Crippen molar-refractivity contribution in [1.82, 2.24) is 0 Å². The van der Waals surface area contributed by atoms with Gasteiger partial charge in [-0.25, -0.2) is 0 Å². The standard InChI is InChI=1S/C10H14.C10H16/c1-8(2)10-6-4-9(3)5-7-10;1-5-10(4)8-6-7-9(2)3/h4-8H,1-3H3;5,7H,1,4,6,8H2,2-3H3. The Morgan fingerprint density at radius 1 is 1.15 bits per heavy atom. The second-order valence-electron chi connectivity index (χ2n) is 5.75. The zero-order chi connectivity index (χ0) is 15.5. The Kier molecular flexibility index (Phi) is 9.45. The van der Waals surface area contributed by atoms with Crippen molar-refractivity contribution in [3.8, 4) is 0 Å². The first kappa shape index (κ1) is 18.4. The van der Waals surface area contributed by atoms with E-state index in [0.29, 0.717) is 5.92 Å². The normalized spacial score (nSPS) is 9.50. The summed E-state index contributed by atoms with van der Waals surface area (Å²) in [7, 11) is 0. The van der Waals surface area contributed by atoms with Gasteiger partial charge in [0.05, 0.1) is 0 Å². The molecule has 0 fully saturated rings. The van der Waals surface area contributed by atoms with Crippen LogP contribution in [0.4, 0.5) is 0 Å². The number of rotatable bonds is 5. The Bertz CT molecular complexity index is 426. The van der Waals surface area contributed by atoms with Crippen molar-refractivity contribution in [3.63, 3.8) is 0 Å². The molecule has 0 heteroatoms. The predicted molar refractivity (Wildman–Crippen MR) is 93.3 cm³/mol. The smallest absolute Gasteiger partial charge is 0.0219 e. The first-order valence-electron chi connectivity index (χ1n) is 7.37. The fourth-order valence-corrected chi connectivity index (χ4v) is 1.60. The Morgan fingerprint density at radius 2 is 1.70 bits per heavy atom. The molecule has 0 heterocycles. The number of benzene rings is 1. The minimum Gasteiger partial charge on any atom is -0.0988 e. The van der Waals surface area contributed by atoms with Gasteiger partial charge >= 0.3 is 0 Å². The van der Waals surface area contributed by atoms with E-state index in [2.05, 4.69) is 78.1 Å². The summed E-state index contributed by atoms with van der Waals surface area (Å²) in [6.07, 6.45) is 6.16. The average molecular weight is 270 g/mol. The van der Waals surface area contributed by atoms with E-state index in [1.165, 1.54) is 16.7 Å². The lowest BCUT2D eigenvalue weighted by molar-refractivity contribution is 0.866. The highest BCUT2D eigenvalue weighted by Gasteiger charge is 1.95. The van der Waals surface area contributed by atoms with Gasteiger partial charge in [0.1, 0.15) is 0 Å². The van der Waals surface area contributed by atoms with Crippen LogP contribution in [0.2, 0.25) is 0 Å². The summed E-state index contributed by atoms with van der Waals surface area (Å²) in [6.45, 7) is 18.2. The fraction of sp³-hybridized carbons (Fsp3) is 0.400. The van der Waals surface area contributed by atoms with Gasteiger partial charge in [0, 0.05) is 0 Å². The molecule has 0 aromatic heterocycles. The van der Waals surface area contributed by atoms with Crippen molar-refractivity contribution < 1.29 is 0 Å². The molecule has 1 aromatic carbocycles. The second-order valence-corrected chi connectivity index (χ2v) is 5.75. The zero-order valence-electron chi connectivity index (χ0n) is 13.9. The highest BCUT2D eigenvalue weighted by molar-refractivity contribution is 5.23. The maximum atomic E-state index is 3.82. The van der Waals surface area contributed by atoms with E-state index >= 15 is 0 Å². The number of hydrogen-bond donors (Lipinski definition) is 0. The summed E-state index contributed by atoms with van der Waals surface area (Å²) in [5, 5.41) is 0. The third kappa shape index (κ3) is 9.38. The van der Waals surface area contributed by atoms with Crippen LogP contribution in [0.3, 0.4) is 0 Å². The Hall–Kier alpha value is -1.56. The molecular weight excluding hydrogens is 240 g/mol. The third-order valence-corrected chi connectivity index (χ3v) is 3.05. The molecule has 1 rings (SSSR count). The maximum Gasteiger partial charge on any atom is -0.0219 e. The fourth-order valence-electron chi connectivity index (χ4n) is 1.60. The van der Waals surface area contributed by atoms with Crippen LogP contribution >= 0.6 is 0 Å². The molecule has 0 unspecified atom stereocenters. The average Bonchev–Trinajstić information content (AvgIpc) is 2.39. The van der Waals surface area contributed by atoms with Crippen LogP contribution in [-0.4, -0.2) is 0 Å². The molecule has 0 atom stereocenters. The zero-order valence-corrected chi connectivity index (χ0v) is 13.9. The van der Waals surface area contributed by atoms with E-state index < -0.39 is 0 Å². The van der Waals surface area contributed by atoms with Gasteiger partial charge in [0.15, 0.2) is 0 Å². The van der Waals surface area contributed by atoms with Crippen molar-refractivity contribution in [1.29, 1.82) is 0 Å². The van der Waals surface area contributed by atoms with E-state index in [9.17, 15) is 0 Å². The van der Waals surface area contributed by atoms with Crippen LogP contribution in [0.15, 0.2) is 60.7 Å². The quantitative estimate of drug-likeness (QED) is 0.418. The van der Waals surface area contributed by atoms with Gasteiger partial charge in [0.25, 0.3) is 0 Å². The van der Waals surface area contributed by atoms with Gasteiger partial charge in [-0.1, -0.05) is 80.1 Å². The molecule has 0 radical (unpaired) electrons. The molecule has 110 valence electrons. The number of allylic oxidation sites excluding steroid dienone is 4. The Morgan fingerprint density at radius 3 is 2.10 bits per heavy atom. The largest absolute Gasteiger partial charge is 0.0988 e. The van der Waals surface area contributed by atoms with Crippen molar-refractivity contribution >= 4 is 0 Å². The summed E-state index contributed by atoms with van der Waals surface area (Å²) in [4.78, 5) is 0. The first-order valence-corrected chi connectivity index (χ1v) is 7.37. The molecule has 0 N–H and O–H groups in total. The highest BCUT2D eigenvalue weighted by Crippen LogP contribution is 2.13. The molecule has 0 bridgehead atoms. The number of hydrogen-bond acceptors (Lipinski definition) is 0. The maximum absolute atomic E-state index is 3.82. The molecular formula is C20H30. The lowest BCUT2D eigenvalue weighted by Gasteiger charge is -2.03. The van der Waals surface area contributed by atoms with E-state index in [1.807, 2.05) is 6.08 Å².